The molecule has 3 rings (SSSR count). The Morgan fingerprint density at radius 1 is 1.10 bits per heavy atom. The Kier molecular flexibility index (Phi) is 4.27. The molecule has 0 radical (unpaired) electrons. The predicted octanol–water partition coefficient (Wildman–Crippen LogP) is 3.42. The van der Waals surface area contributed by atoms with Crippen LogP contribution < -0.4 is 4.90 Å². The van der Waals surface area contributed by atoms with E-state index in [1.165, 1.54) is 5.69 Å². The van der Waals surface area contributed by atoms with Crippen LogP contribution in [-0.4, -0.2) is 28.8 Å². The number of aromatic nitrogens is 1. The first-order chi connectivity index (χ1) is 10.1. The molecule has 1 aliphatic rings. The van der Waals surface area contributed by atoms with Crippen molar-refractivity contribution in [3.8, 4) is 0 Å². The van der Waals surface area contributed by atoms with E-state index in [9.17, 15) is 5.11 Å². The third-order valence-corrected chi connectivity index (χ3v) is 4.58. The van der Waals surface area contributed by atoms with Gasteiger partial charge in [-0.2, -0.15) is 0 Å². The van der Waals surface area contributed by atoms with Crippen LogP contribution in [0.1, 0.15) is 18.5 Å². The summed E-state index contributed by atoms with van der Waals surface area (Å²) in [6, 6.07) is 14.4. The fraction of sp³-hybridized carbons (Fsp3) is 0.353. The molecule has 1 fully saturated rings. The van der Waals surface area contributed by atoms with Gasteiger partial charge in [0.1, 0.15) is 0 Å². The van der Waals surface area contributed by atoms with Crippen LogP contribution in [0, 0.1) is 0 Å². The molecule has 2 heterocycles. The van der Waals surface area contributed by atoms with Gasteiger partial charge >= 0.3 is 0 Å². The lowest BCUT2D eigenvalue weighted by molar-refractivity contribution is 0.0157. The number of piperidine rings is 1. The summed E-state index contributed by atoms with van der Waals surface area (Å²) in [5, 5.41) is 10.8. The van der Waals surface area contributed by atoms with Crippen LogP contribution in [0.15, 0.2) is 53.1 Å². The summed E-state index contributed by atoms with van der Waals surface area (Å²) in [6.45, 7) is 1.77. The molecule has 1 N–H and O–H groups in total. The van der Waals surface area contributed by atoms with Gasteiger partial charge in [0.25, 0.3) is 0 Å². The van der Waals surface area contributed by atoms with Crippen LogP contribution in [0.4, 0.5) is 5.69 Å². The van der Waals surface area contributed by atoms with Gasteiger partial charge in [-0.05, 0) is 53.0 Å². The monoisotopic (exact) mass is 346 g/mol. The molecule has 0 bridgehead atoms. The fourth-order valence-electron chi connectivity index (χ4n) is 2.84. The molecule has 0 amide bonds. The summed E-state index contributed by atoms with van der Waals surface area (Å²) in [4.78, 5) is 6.71. The summed E-state index contributed by atoms with van der Waals surface area (Å²) in [7, 11) is 0. The molecule has 0 saturated carbocycles. The summed E-state index contributed by atoms with van der Waals surface area (Å²) in [5.41, 5.74) is 1.56. The van der Waals surface area contributed by atoms with E-state index >= 15 is 0 Å². The highest BCUT2D eigenvalue weighted by molar-refractivity contribution is 9.10. The number of hydrogen-bond donors (Lipinski definition) is 1. The molecule has 0 unspecified atom stereocenters. The molecule has 0 spiro atoms. The molecule has 1 aliphatic heterocycles. The van der Waals surface area contributed by atoms with Crippen LogP contribution in [0.5, 0.6) is 0 Å². The third-order valence-electron chi connectivity index (χ3n) is 4.11. The number of para-hydroxylation sites is 1. The summed E-state index contributed by atoms with van der Waals surface area (Å²) in [5.74, 6) is 0. The van der Waals surface area contributed by atoms with Gasteiger partial charge in [0, 0.05) is 41.6 Å². The number of rotatable bonds is 3. The number of nitrogens with zero attached hydrogens (tertiary/aromatic N) is 2. The van der Waals surface area contributed by atoms with Crippen molar-refractivity contribution >= 4 is 21.6 Å². The lowest BCUT2D eigenvalue weighted by Crippen LogP contribution is -2.45. The highest BCUT2D eigenvalue weighted by atomic mass is 79.9. The van der Waals surface area contributed by atoms with Crippen molar-refractivity contribution in [3.05, 3.63) is 58.8 Å². The van der Waals surface area contributed by atoms with Crippen molar-refractivity contribution < 1.29 is 5.11 Å². The van der Waals surface area contributed by atoms with Gasteiger partial charge in [-0.3, -0.25) is 4.98 Å². The Bertz CT molecular complexity index is 577. The number of anilines is 1. The average molecular weight is 347 g/mol. The second kappa shape index (κ2) is 6.16. The van der Waals surface area contributed by atoms with Crippen LogP contribution in [0.2, 0.25) is 0 Å². The Morgan fingerprint density at radius 2 is 1.81 bits per heavy atom. The van der Waals surface area contributed by atoms with Crippen molar-refractivity contribution in [2.24, 2.45) is 0 Å². The molecular formula is C17H19BrN2O. The first-order valence-corrected chi connectivity index (χ1v) is 8.07. The maximum absolute atomic E-state index is 10.8. The van der Waals surface area contributed by atoms with Crippen LogP contribution in [0.25, 0.3) is 0 Å². The summed E-state index contributed by atoms with van der Waals surface area (Å²) >= 11 is 3.39. The van der Waals surface area contributed by atoms with E-state index in [0.717, 1.165) is 36.1 Å². The number of benzene rings is 1. The maximum Gasteiger partial charge on any atom is 0.0736 e. The second-order valence-corrected chi connectivity index (χ2v) is 6.61. The minimum Gasteiger partial charge on any atom is -0.389 e. The standard InChI is InChI=1S/C17H19BrN2O/c18-14-6-7-15(19-13-14)12-17(21)8-10-20(11-9-17)16-4-2-1-3-5-16/h1-7,13,21H,8-12H2. The quantitative estimate of drug-likeness (QED) is 0.924. The lowest BCUT2D eigenvalue weighted by Gasteiger charge is -2.39. The molecule has 21 heavy (non-hydrogen) atoms. The number of aliphatic hydroxyl groups is 1. The Balaban J connectivity index is 1.62. The van der Waals surface area contributed by atoms with E-state index < -0.39 is 5.60 Å². The fourth-order valence-corrected chi connectivity index (χ4v) is 3.08. The minimum atomic E-state index is -0.633. The van der Waals surface area contributed by atoms with Crippen molar-refractivity contribution in [3.63, 3.8) is 0 Å². The Morgan fingerprint density at radius 3 is 2.43 bits per heavy atom. The van der Waals surface area contributed by atoms with Gasteiger partial charge in [0.2, 0.25) is 0 Å². The zero-order valence-electron chi connectivity index (χ0n) is 11.9. The van der Waals surface area contributed by atoms with Crippen molar-refractivity contribution in [1.29, 1.82) is 0 Å². The van der Waals surface area contributed by atoms with Gasteiger partial charge < -0.3 is 10.0 Å². The van der Waals surface area contributed by atoms with E-state index in [1.54, 1.807) is 6.20 Å². The lowest BCUT2D eigenvalue weighted by atomic mass is 9.86. The number of hydrogen-bond acceptors (Lipinski definition) is 3. The highest BCUT2D eigenvalue weighted by Crippen LogP contribution is 2.28. The van der Waals surface area contributed by atoms with Crippen LogP contribution in [-0.2, 0) is 6.42 Å². The van der Waals surface area contributed by atoms with Gasteiger partial charge in [0.15, 0.2) is 0 Å². The highest BCUT2D eigenvalue weighted by Gasteiger charge is 2.32. The van der Waals surface area contributed by atoms with Crippen molar-refractivity contribution in [2.75, 3.05) is 18.0 Å². The van der Waals surface area contributed by atoms with Crippen molar-refractivity contribution in [1.82, 2.24) is 4.98 Å². The van der Waals surface area contributed by atoms with E-state index in [-0.39, 0.29) is 0 Å². The van der Waals surface area contributed by atoms with Crippen LogP contribution >= 0.6 is 15.9 Å². The molecule has 4 heteroatoms. The van der Waals surface area contributed by atoms with Crippen molar-refractivity contribution in [2.45, 2.75) is 24.9 Å². The zero-order valence-corrected chi connectivity index (χ0v) is 13.5. The molecule has 110 valence electrons. The van der Waals surface area contributed by atoms with E-state index in [2.05, 4.69) is 50.1 Å². The smallest absolute Gasteiger partial charge is 0.0736 e. The normalized spacial score (nSPS) is 17.7. The Labute approximate surface area is 133 Å². The van der Waals surface area contributed by atoms with E-state index in [1.807, 2.05) is 18.2 Å². The minimum absolute atomic E-state index is 0.628. The van der Waals surface area contributed by atoms with Gasteiger partial charge in [-0.25, -0.2) is 0 Å². The molecule has 0 aliphatic carbocycles. The predicted molar refractivity (Wildman–Crippen MR) is 88.5 cm³/mol. The first-order valence-electron chi connectivity index (χ1n) is 7.27. The molecular weight excluding hydrogens is 328 g/mol. The topological polar surface area (TPSA) is 36.4 Å². The third kappa shape index (κ3) is 3.63. The molecule has 1 aromatic carbocycles. The largest absolute Gasteiger partial charge is 0.389 e. The maximum atomic E-state index is 10.8. The summed E-state index contributed by atoms with van der Waals surface area (Å²) in [6.07, 6.45) is 3.97. The zero-order chi connectivity index (χ0) is 14.7. The molecule has 3 nitrogen and oxygen atoms in total. The number of pyridine rings is 1. The first kappa shape index (κ1) is 14.5. The van der Waals surface area contributed by atoms with Gasteiger partial charge in [-0.1, -0.05) is 18.2 Å². The SMILES string of the molecule is OC1(Cc2ccc(Br)cn2)CCN(c2ccccc2)CC1. The van der Waals surface area contributed by atoms with E-state index in [4.69, 9.17) is 0 Å². The van der Waals surface area contributed by atoms with Gasteiger partial charge in [-0.15, -0.1) is 0 Å². The molecule has 2 aromatic rings. The van der Waals surface area contributed by atoms with Gasteiger partial charge in [0.05, 0.1) is 5.60 Å². The number of halogens is 1. The van der Waals surface area contributed by atoms with Crippen LogP contribution in [0.3, 0.4) is 0 Å². The summed E-state index contributed by atoms with van der Waals surface area (Å²) < 4.78 is 0.970. The molecule has 1 saturated heterocycles. The molecule has 0 atom stereocenters. The molecule has 1 aromatic heterocycles. The average Bonchev–Trinajstić information content (AvgIpc) is 2.51. The van der Waals surface area contributed by atoms with E-state index in [0.29, 0.717) is 6.42 Å². The Hall–Kier alpha value is -1.39. The second-order valence-electron chi connectivity index (χ2n) is 5.69.